The Balaban J connectivity index is 2.39. The molecule has 0 saturated heterocycles. The first-order valence-corrected chi connectivity index (χ1v) is 5.81. The highest BCUT2D eigenvalue weighted by molar-refractivity contribution is 6.02. The number of para-hydroxylation sites is 1. The van der Waals surface area contributed by atoms with E-state index in [1.54, 1.807) is 24.3 Å². The van der Waals surface area contributed by atoms with E-state index in [0.717, 1.165) is 0 Å². The molecule has 0 aliphatic heterocycles. The van der Waals surface area contributed by atoms with Crippen molar-refractivity contribution in [1.82, 2.24) is 0 Å². The van der Waals surface area contributed by atoms with E-state index in [1.807, 2.05) is 0 Å². The second-order valence-electron chi connectivity index (χ2n) is 4.11. The number of carbonyl (C=O) groups is 1. The highest BCUT2D eigenvalue weighted by atomic mass is 19.1. The lowest BCUT2D eigenvalue weighted by atomic mass is 10.1. The van der Waals surface area contributed by atoms with E-state index < -0.39 is 11.7 Å². The zero-order valence-corrected chi connectivity index (χ0v) is 10.8. The fourth-order valence-corrected chi connectivity index (χ4v) is 1.80. The largest absolute Gasteiger partial charge is 0.494 e. The van der Waals surface area contributed by atoms with Crippen molar-refractivity contribution in [3.05, 3.63) is 47.8 Å². The van der Waals surface area contributed by atoms with E-state index in [1.165, 1.54) is 19.2 Å². The van der Waals surface area contributed by atoms with E-state index >= 15 is 0 Å². The zero-order chi connectivity index (χ0) is 14.7. The third-order valence-corrected chi connectivity index (χ3v) is 2.78. The van der Waals surface area contributed by atoms with Crippen LogP contribution in [0.2, 0.25) is 0 Å². The molecule has 0 unspecified atom stereocenters. The van der Waals surface area contributed by atoms with Crippen LogP contribution in [-0.4, -0.2) is 13.0 Å². The predicted octanol–water partition coefficient (Wildman–Crippen LogP) is 2.26. The van der Waals surface area contributed by atoms with Crippen molar-refractivity contribution in [2.75, 3.05) is 18.2 Å². The number of halogens is 1. The van der Waals surface area contributed by atoms with Crippen LogP contribution in [0.3, 0.4) is 0 Å². The molecule has 0 atom stereocenters. The molecule has 104 valence electrons. The van der Waals surface area contributed by atoms with Crippen LogP contribution in [0, 0.1) is 5.82 Å². The van der Waals surface area contributed by atoms with Crippen molar-refractivity contribution in [2.24, 2.45) is 5.73 Å². The van der Waals surface area contributed by atoms with Gasteiger partial charge in [-0.1, -0.05) is 6.07 Å². The minimum absolute atomic E-state index is 0.131. The molecule has 5 nitrogen and oxygen atoms in total. The molecule has 2 aromatic carbocycles. The molecule has 2 rings (SSSR count). The Morgan fingerprint density at radius 1 is 1.30 bits per heavy atom. The number of nitrogen functional groups attached to an aromatic ring is 1. The van der Waals surface area contributed by atoms with Crippen molar-refractivity contribution in [3.8, 4) is 5.75 Å². The Hall–Kier alpha value is -2.76. The number of primary amides is 1. The maximum atomic E-state index is 13.6. The molecule has 0 radical (unpaired) electrons. The van der Waals surface area contributed by atoms with E-state index in [9.17, 15) is 9.18 Å². The van der Waals surface area contributed by atoms with Gasteiger partial charge in [0.2, 0.25) is 0 Å². The van der Waals surface area contributed by atoms with Crippen LogP contribution in [0.1, 0.15) is 10.4 Å². The van der Waals surface area contributed by atoms with Crippen molar-refractivity contribution < 1.29 is 13.9 Å². The maximum absolute atomic E-state index is 13.6. The molecule has 6 heteroatoms. The summed E-state index contributed by atoms with van der Waals surface area (Å²) in [4.78, 5) is 11.4. The molecular formula is C14H14FN3O2. The van der Waals surface area contributed by atoms with Crippen LogP contribution in [0.25, 0.3) is 0 Å². The van der Waals surface area contributed by atoms with Gasteiger partial charge in [0.1, 0.15) is 0 Å². The van der Waals surface area contributed by atoms with E-state index in [2.05, 4.69) is 5.32 Å². The van der Waals surface area contributed by atoms with Crippen LogP contribution in [-0.2, 0) is 0 Å². The number of amides is 1. The Morgan fingerprint density at radius 3 is 2.65 bits per heavy atom. The van der Waals surface area contributed by atoms with E-state index in [4.69, 9.17) is 16.2 Å². The number of ether oxygens (including phenoxy) is 1. The maximum Gasteiger partial charge on any atom is 0.250 e. The first-order chi connectivity index (χ1) is 9.52. The molecule has 0 aliphatic carbocycles. The number of methoxy groups -OCH3 is 1. The molecule has 5 N–H and O–H groups in total. The van der Waals surface area contributed by atoms with Crippen LogP contribution in [0.5, 0.6) is 5.75 Å². The predicted molar refractivity (Wildman–Crippen MR) is 75.6 cm³/mol. The molecule has 0 fully saturated rings. The number of anilines is 3. The van der Waals surface area contributed by atoms with Gasteiger partial charge in [-0.25, -0.2) is 4.39 Å². The quantitative estimate of drug-likeness (QED) is 0.746. The summed E-state index contributed by atoms with van der Waals surface area (Å²) >= 11 is 0. The van der Waals surface area contributed by atoms with E-state index in [-0.39, 0.29) is 11.3 Å². The van der Waals surface area contributed by atoms with Gasteiger partial charge in [-0.15, -0.1) is 0 Å². The number of nitrogens with two attached hydrogens (primary N) is 2. The van der Waals surface area contributed by atoms with Crippen LogP contribution in [0.15, 0.2) is 36.4 Å². The molecule has 0 saturated carbocycles. The minimum atomic E-state index is -0.617. The van der Waals surface area contributed by atoms with Crippen molar-refractivity contribution in [2.45, 2.75) is 0 Å². The lowest BCUT2D eigenvalue weighted by Crippen LogP contribution is -2.14. The van der Waals surface area contributed by atoms with Gasteiger partial charge < -0.3 is 21.5 Å². The number of carbonyl (C=O) groups excluding carboxylic acids is 1. The van der Waals surface area contributed by atoms with Gasteiger partial charge in [-0.2, -0.15) is 0 Å². The summed E-state index contributed by atoms with van der Waals surface area (Å²) in [7, 11) is 1.38. The fraction of sp³-hybridized carbons (Fsp3) is 0.0714. The van der Waals surface area contributed by atoms with Gasteiger partial charge in [0.15, 0.2) is 11.6 Å². The average Bonchev–Trinajstić information content (AvgIpc) is 2.41. The molecule has 1 amide bonds. The van der Waals surface area contributed by atoms with Gasteiger partial charge in [-0.05, 0) is 24.3 Å². The van der Waals surface area contributed by atoms with Gasteiger partial charge in [-0.3, -0.25) is 4.79 Å². The highest BCUT2D eigenvalue weighted by Gasteiger charge is 2.12. The SMILES string of the molecule is COc1ccc(Nc2c(N)cccc2C(N)=O)cc1F. The summed E-state index contributed by atoms with van der Waals surface area (Å²) in [5.74, 6) is -1.01. The molecule has 0 spiro atoms. The number of nitrogens with one attached hydrogen (secondary N) is 1. The van der Waals surface area contributed by atoms with Crippen molar-refractivity contribution in [3.63, 3.8) is 0 Å². The summed E-state index contributed by atoms with van der Waals surface area (Å²) in [5, 5.41) is 2.89. The molecule has 0 heterocycles. The summed E-state index contributed by atoms with van der Waals surface area (Å²) in [6.45, 7) is 0. The van der Waals surface area contributed by atoms with Gasteiger partial charge in [0.05, 0.1) is 24.0 Å². The van der Waals surface area contributed by atoms with Crippen molar-refractivity contribution in [1.29, 1.82) is 0 Å². The molecule has 20 heavy (non-hydrogen) atoms. The lowest BCUT2D eigenvalue weighted by molar-refractivity contribution is 0.100. The van der Waals surface area contributed by atoms with Crippen molar-refractivity contribution >= 4 is 23.0 Å². The standard InChI is InChI=1S/C14H14FN3O2/c1-20-12-6-5-8(7-10(12)15)18-13-9(14(17)19)3-2-4-11(13)16/h2-7,18H,16H2,1H3,(H2,17,19). The molecular weight excluding hydrogens is 261 g/mol. The third-order valence-electron chi connectivity index (χ3n) is 2.78. The average molecular weight is 275 g/mol. The van der Waals surface area contributed by atoms with E-state index in [0.29, 0.717) is 17.1 Å². The Morgan fingerprint density at radius 2 is 2.05 bits per heavy atom. The van der Waals surface area contributed by atoms with Gasteiger partial charge in [0, 0.05) is 11.8 Å². The Bertz CT molecular complexity index is 659. The highest BCUT2D eigenvalue weighted by Crippen LogP contribution is 2.29. The first-order valence-electron chi connectivity index (χ1n) is 5.81. The number of rotatable bonds is 4. The first kappa shape index (κ1) is 13.7. The molecule has 0 bridgehead atoms. The van der Waals surface area contributed by atoms with Crippen LogP contribution >= 0.6 is 0 Å². The third kappa shape index (κ3) is 2.64. The topological polar surface area (TPSA) is 90.4 Å². The van der Waals surface area contributed by atoms with Crippen LogP contribution < -0.4 is 21.5 Å². The lowest BCUT2D eigenvalue weighted by Gasteiger charge is -2.13. The smallest absolute Gasteiger partial charge is 0.250 e. The monoisotopic (exact) mass is 275 g/mol. The minimum Gasteiger partial charge on any atom is -0.494 e. The summed E-state index contributed by atoms with van der Waals surface area (Å²) in [6.07, 6.45) is 0. The summed E-state index contributed by atoms with van der Waals surface area (Å²) in [6, 6.07) is 9.11. The summed E-state index contributed by atoms with van der Waals surface area (Å²) in [5.41, 5.74) is 12.5. The second kappa shape index (κ2) is 5.48. The Labute approximate surface area is 115 Å². The number of hydrogen-bond acceptors (Lipinski definition) is 4. The fourth-order valence-electron chi connectivity index (χ4n) is 1.80. The van der Waals surface area contributed by atoms with Gasteiger partial charge in [0.25, 0.3) is 5.91 Å². The zero-order valence-electron chi connectivity index (χ0n) is 10.8. The van der Waals surface area contributed by atoms with Crippen LogP contribution in [0.4, 0.5) is 21.5 Å². The Kier molecular flexibility index (Phi) is 3.74. The molecule has 0 aromatic heterocycles. The van der Waals surface area contributed by atoms with Gasteiger partial charge >= 0.3 is 0 Å². The summed E-state index contributed by atoms with van der Waals surface area (Å²) < 4.78 is 18.5. The number of benzene rings is 2. The molecule has 2 aromatic rings. The normalized spacial score (nSPS) is 10.1. The second-order valence-corrected chi connectivity index (χ2v) is 4.11. The molecule has 0 aliphatic rings. The number of hydrogen-bond donors (Lipinski definition) is 3.